The lowest BCUT2D eigenvalue weighted by Crippen LogP contribution is -2.38. The minimum absolute atomic E-state index is 0.619. The van der Waals surface area contributed by atoms with Crippen LogP contribution in [0.1, 0.15) is 34.8 Å². The SMILES string of the molecule is Cc1cc2cc(Cc3ccnc(Cc4cccc(OCCCN5CCS(=O)CC5)c4)n3)ccc2[nH]1. The van der Waals surface area contributed by atoms with Crippen LogP contribution in [0.25, 0.3) is 10.9 Å². The molecule has 35 heavy (non-hydrogen) atoms. The summed E-state index contributed by atoms with van der Waals surface area (Å²) in [5.41, 5.74) is 5.75. The van der Waals surface area contributed by atoms with E-state index in [0.29, 0.717) is 13.0 Å². The van der Waals surface area contributed by atoms with Crippen molar-refractivity contribution in [2.75, 3.05) is 37.7 Å². The standard InChI is InChI=1S/C28H32N4O2S/c1-21-16-24-17-23(6-7-27(24)30-21)18-25-8-9-29-28(31-25)20-22-4-2-5-26(19-22)34-13-3-10-32-11-14-35(33)15-12-32/h2,4-9,16-17,19,30H,3,10-15,18,20H2,1H3. The van der Waals surface area contributed by atoms with Crippen molar-refractivity contribution < 1.29 is 8.95 Å². The first-order valence-electron chi connectivity index (χ1n) is 12.3. The van der Waals surface area contributed by atoms with Gasteiger partial charge in [-0.25, -0.2) is 9.97 Å². The number of hydrogen-bond acceptors (Lipinski definition) is 5. The number of benzene rings is 2. The first kappa shape index (κ1) is 23.7. The van der Waals surface area contributed by atoms with Gasteiger partial charge < -0.3 is 14.6 Å². The molecule has 1 aliphatic rings. The molecule has 0 bridgehead atoms. The van der Waals surface area contributed by atoms with Crippen LogP contribution >= 0.6 is 0 Å². The zero-order valence-electron chi connectivity index (χ0n) is 20.2. The van der Waals surface area contributed by atoms with Crippen molar-refractivity contribution in [3.8, 4) is 5.75 Å². The minimum Gasteiger partial charge on any atom is -0.494 e. The van der Waals surface area contributed by atoms with Crippen LogP contribution in [0, 0.1) is 6.92 Å². The Morgan fingerprint density at radius 1 is 1.03 bits per heavy atom. The largest absolute Gasteiger partial charge is 0.494 e. The number of rotatable bonds is 9. The van der Waals surface area contributed by atoms with Crippen LogP contribution in [0.3, 0.4) is 0 Å². The summed E-state index contributed by atoms with van der Waals surface area (Å²) in [4.78, 5) is 15.1. The summed E-state index contributed by atoms with van der Waals surface area (Å²) in [7, 11) is -0.619. The van der Waals surface area contributed by atoms with Crippen molar-refractivity contribution in [2.24, 2.45) is 0 Å². The molecule has 1 N–H and O–H groups in total. The van der Waals surface area contributed by atoms with E-state index in [1.54, 1.807) is 0 Å². The van der Waals surface area contributed by atoms with E-state index in [9.17, 15) is 4.21 Å². The normalized spacial score (nSPS) is 15.0. The van der Waals surface area contributed by atoms with E-state index in [-0.39, 0.29) is 0 Å². The Balaban J connectivity index is 1.15. The number of nitrogens with one attached hydrogen (secondary N) is 1. The fourth-order valence-electron chi connectivity index (χ4n) is 4.58. The molecule has 1 aliphatic heterocycles. The van der Waals surface area contributed by atoms with Gasteiger partial charge in [0.05, 0.1) is 6.61 Å². The van der Waals surface area contributed by atoms with Gasteiger partial charge in [-0.3, -0.25) is 4.21 Å². The number of ether oxygens (including phenoxy) is 1. The molecule has 7 heteroatoms. The third kappa shape index (κ3) is 6.55. The second kappa shape index (κ2) is 11.1. The summed E-state index contributed by atoms with van der Waals surface area (Å²) in [5, 5.41) is 1.23. The third-order valence-corrected chi connectivity index (χ3v) is 7.66. The van der Waals surface area contributed by atoms with Crippen molar-refractivity contribution in [3.63, 3.8) is 0 Å². The van der Waals surface area contributed by atoms with Gasteiger partial charge in [-0.05, 0) is 66.3 Å². The molecule has 0 radical (unpaired) electrons. The number of hydrogen-bond donors (Lipinski definition) is 1. The molecule has 5 rings (SSSR count). The summed E-state index contributed by atoms with van der Waals surface area (Å²) in [6.45, 7) is 5.62. The van der Waals surface area contributed by atoms with Crippen molar-refractivity contribution in [2.45, 2.75) is 26.2 Å². The molecule has 0 saturated carbocycles. The fourth-order valence-corrected chi connectivity index (χ4v) is 5.70. The molecule has 182 valence electrons. The Bertz CT molecular complexity index is 1310. The Kier molecular flexibility index (Phi) is 7.54. The maximum Gasteiger partial charge on any atom is 0.132 e. The maximum atomic E-state index is 11.5. The minimum atomic E-state index is -0.619. The number of H-pyrrole nitrogens is 1. The molecule has 3 heterocycles. The highest BCUT2D eigenvalue weighted by Gasteiger charge is 2.14. The number of aryl methyl sites for hydroxylation is 1. The number of nitrogens with zero attached hydrogens (tertiary/aromatic N) is 3. The summed E-state index contributed by atoms with van der Waals surface area (Å²) >= 11 is 0. The molecule has 1 fully saturated rings. The summed E-state index contributed by atoms with van der Waals surface area (Å²) in [6.07, 6.45) is 4.28. The highest BCUT2D eigenvalue weighted by molar-refractivity contribution is 7.85. The molecule has 2 aromatic heterocycles. The van der Waals surface area contributed by atoms with Gasteiger partial charge in [-0.1, -0.05) is 18.2 Å². The lowest BCUT2D eigenvalue weighted by Gasteiger charge is -2.25. The smallest absolute Gasteiger partial charge is 0.132 e. The summed E-state index contributed by atoms with van der Waals surface area (Å²) < 4.78 is 17.5. The molecule has 1 saturated heterocycles. The summed E-state index contributed by atoms with van der Waals surface area (Å²) in [5.74, 6) is 3.30. The number of aromatic amines is 1. The molecule has 6 nitrogen and oxygen atoms in total. The van der Waals surface area contributed by atoms with Crippen LogP contribution in [0.2, 0.25) is 0 Å². The van der Waals surface area contributed by atoms with E-state index in [1.807, 2.05) is 24.4 Å². The van der Waals surface area contributed by atoms with Crippen LogP contribution in [0.4, 0.5) is 0 Å². The van der Waals surface area contributed by atoms with Crippen LogP contribution in [-0.2, 0) is 23.6 Å². The van der Waals surface area contributed by atoms with Gasteiger partial charge in [0.15, 0.2) is 0 Å². The molecule has 0 amide bonds. The molecule has 2 aromatic carbocycles. The quantitative estimate of drug-likeness (QED) is 0.356. The molecule has 0 spiro atoms. The third-order valence-electron chi connectivity index (χ3n) is 6.39. The average Bonchev–Trinajstić information content (AvgIpc) is 3.23. The highest BCUT2D eigenvalue weighted by atomic mass is 32.2. The van der Waals surface area contributed by atoms with Crippen LogP contribution < -0.4 is 4.74 Å². The monoisotopic (exact) mass is 488 g/mol. The van der Waals surface area contributed by atoms with Gasteiger partial charge in [0.1, 0.15) is 11.6 Å². The van der Waals surface area contributed by atoms with Crippen molar-refractivity contribution >= 4 is 21.7 Å². The van der Waals surface area contributed by atoms with Crippen LogP contribution in [0.5, 0.6) is 5.75 Å². The molecule has 0 unspecified atom stereocenters. The summed E-state index contributed by atoms with van der Waals surface area (Å²) in [6, 6.07) is 18.9. The van der Waals surface area contributed by atoms with Crippen LogP contribution in [-0.4, -0.2) is 61.8 Å². The van der Waals surface area contributed by atoms with Gasteiger partial charge in [0, 0.05) is 77.9 Å². The van der Waals surface area contributed by atoms with E-state index in [4.69, 9.17) is 9.72 Å². The Labute approximate surface area is 209 Å². The number of aromatic nitrogens is 3. The van der Waals surface area contributed by atoms with E-state index in [0.717, 1.165) is 66.8 Å². The average molecular weight is 489 g/mol. The van der Waals surface area contributed by atoms with Crippen molar-refractivity contribution in [1.29, 1.82) is 0 Å². The van der Waals surface area contributed by atoms with E-state index >= 15 is 0 Å². The van der Waals surface area contributed by atoms with Gasteiger partial charge in [-0.2, -0.15) is 0 Å². The Morgan fingerprint density at radius 3 is 2.77 bits per heavy atom. The fraction of sp³-hybridized carbons (Fsp3) is 0.357. The molecular formula is C28H32N4O2S. The topological polar surface area (TPSA) is 71.1 Å². The molecular weight excluding hydrogens is 456 g/mol. The Morgan fingerprint density at radius 2 is 1.89 bits per heavy atom. The van der Waals surface area contributed by atoms with Gasteiger partial charge in [0.2, 0.25) is 0 Å². The first-order chi connectivity index (χ1) is 17.1. The maximum absolute atomic E-state index is 11.5. The van der Waals surface area contributed by atoms with Crippen molar-refractivity contribution in [3.05, 3.63) is 89.1 Å². The molecule has 0 aliphatic carbocycles. The van der Waals surface area contributed by atoms with Crippen LogP contribution in [0.15, 0.2) is 60.8 Å². The molecule has 0 atom stereocenters. The molecule has 4 aromatic rings. The lowest BCUT2D eigenvalue weighted by molar-refractivity contribution is 0.247. The van der Waals surface area contributed by atoms with Crippen molar-refractivity contribution in [1.82, 2.24) is 19.9 Å². The van der Waals surface area contributed by atoms with E-state index in [2.05, 4.69) is 58.2 Å². The van der Waals surface area contributed by atoms with Gasteiger partial charge >= 0.3 is 0 Å². The first-order valence-corrected chi connectivity index (χ1v) is 13.8. The number of fused-ring (bicyclic) bond motifs is 1. The van der Waals surface area contributed by atoms with E-state index in [1.165, 1.54) is 22.2 Å². The highest BCUT2D eigenvalue weighted by Crippen LogP contribution is 2.19. The zero-order valence-corrected chi connectivity index (χ0v) is 21.0. The second-order valence-electron chi connectivity index (χ2n) is 9.23. The lowest BCUT2D eigenvalue weighted by atomic mass is 10.1. The predicted molar refractivity (Wildman–Crippen MR) is 142 cm³/mol. The Hall–Kier alpha value is -3.03. The van der Waals surface area contributed by atoms with Gasteiger partial charge in [-0.15, -0.1) is 0 Å². The van der Waals surface area contributed by atoms with E-state index < -0.39 is 10.8 Å². The van der Waals surface area contributed by atoms with Gasteiger partial charge in [0.25, 0.3) is 0 Å². The predicted octanol–water partition coefficient (Wildman–Crippen LogP) is 4.28. The second-order valence-corrected chi connectivity index (χ2v) is 10.9. The zero-order chi connectivity index (χ0) is 24.0.